The first-order chi connectivity index (χ1) is 13.8. The van der Waals surface area contributed by atoms with Gasteiger partial charge in [-0.15, -0.1) is 0 Å². The van der Waals surface area contributed by atoms with Crippen LogP contribution < -0.4 is 10.6 Å². The van der Waals surface area contributed by atoms with Gasteiger partial charge >= 0.3 is 5.97 Å². The van der Waals surface area contributed by atoms with Crippen LogP contribution in [0.4, 0.5) is 5.13 Å². The normalized spacial score (nSPS) is 10.5. The maximum Gasteiger partial charge on any atom is 0.350 e. The molecule has 9 heteroatoms. The predicted molar refractivity (Wildman–Crippen MR) is 115 cm³/mol. The summed E-state index contributed by atoms with van der Waals surface area (Å²) in [5.41, 5.74) is 3.73. The van der Waals surface area contributed by atoms with E-state index in [2.05, 4.69) is 15.6 Å². The fourth-order valence-electron chi connectivity index (χ4n) is 2.53. The van der Waals surface area contributed by atoms with Gasteiger partial charge in [-0.25, -0.2) is 9.78 Å². The number of ether oxygens (including phenoxy) is 1. The van der Waals surface area contributed by atoms with Gasteiger partial charge in [0.1, 0.15) is 10.6 Å². The number of thiazole rings is 1. The van der Waals surface area contributed by atoms with Crippen LogP contribution in [0.2, 0.25) is 0 Å². The predicted octanol–water partition coefficient (Wildman–Crippen LogP) is 4.24. The lowest BCUT2D eigenvalue weighted by Crippen LogP contribution is -2.33. The zero-order chi connectivity index (χ0) is 21.1. The van der Waals surface area contributed by atoms with Crippen molar-refractivity contribution in [3.05, 3.63) is 57.8 Å². The lowest BCUT2D eigenvalue weighted by Gasteiger charge is -2.05. The maximum absolute atomic E-state index is 12.4. The van der Waals surface area contributed by atoms with Gasteiger partial charge in [0.25, 0.3) is 5.91 Å². The average Bonchev–Trinajstić information content (AvgIpc) is 3.30. The number of anilines is 1. The van der Waals surface area contributed by atoms with Gasteiger partial charge in [-0.2, -0.15) is 0 Å². The molecule has 0 bridgehead atoms. The Labute approximate surface area is 177 Å². The molecule has 0 radical (unpaired) electrons. The van der Waals surface area contributed by atoms with Crippen LogP contribution in [0.5, 0.6) is 0 Å². The zero-order valence-electron chi connectivity index (χ0n) is 16.3. The number of furan rings is 1. The van der Waals surface area contributed by atoms with E-state index in [1.165, 1.54) is 12.7 Å². The van der Waals surface area contributed by atoms with Crippen molar-refractivity contribution in [3.63, 3.8) is 0 Å². The molecule has 3 rings (SSSR count). The number of aryl methyl sites for hydroxylation is 3. The lowest BCUT2D eigenvalue weighted by molar-refractivity contribution is 0.0605. The van der Waals surface area contributed by atoms with E-state index in [0.29, 0.717) is 21.5 Å². The largest absolute Gasteiger partial charge is 0.465 e. The lowest BCUT2D eigenvalue weighted by atomic mass is 10.1. The average molecular weight is 430 g/mol. The topological polar surface area (TPSA) is 93.5 Å². The summed E-state index contributed by atoms with van der Waals surface area (Å²) >= 11 is 6.24. The SMILES string of the molecule is COC(=O)c1sc(NC(=S)NC(=O)c2ccc(-c3ccc(C)c(C)c3)o2)nc1C. The molecule has 0 saturated carbocycles. The van der Waals surface area contributed by atoms with E-state index in [0.717, 1.165) is 22.5 Å². The number of aromatic nitrogens is 1. The van der Waals surface area contributed by atoms with Gasteiger partial charge in [0.15, 0.2) is 16.0 Å². The van der Waals surface area contributed by atoms with Crippen LogP contribution in [0.15, 0.2) is 34.7 Å². The molecule has 29 heavy (non-hydrogen) atoms. The third-order valence-corrected chi connectivity index (χ3v) is 5.49. The Morgan fingerprint density at radius 1 is 1.14 bits per heavy atom. The number of methoxy groups -OCH3 is 1. The van der Waals surface area contributed by atoms with E-state index in [4.69, 9.17) is 21.4 Å². The first kappa shape index (κ1) is 20.7. The highest BCUT2D eigenvalue weighted by molar-refractivity contribution is 7.80. The molecule has 0 fully saturated rings. The highest BCUT2D eigenvalue weighted by Crippen LogP contribution is 2.25. The third kappa shape index (κ3) is 4.69. The number of rotatable bonds is 4. The molecule has 3 aromatic rings. The Balaban J connectivity index is 1.66. The molecule has 0 aliphatic rings. The van der Waals surface area contributed by atoms with Crippen molar-refractivity contribution < 1.29 is 18.7 Å². The fraction of sp³-hybridized carbons (Fsp3) is 0.200. The molecule has 1 aromatic carbocycles. The van der Waals surface area contributed by atoms with Crippen molar-refractivity contribution in [3.8, 4) is 11.3 Å². The van der Waals surface area contributed by atoms with E-state index in [1.807, 2.05) is 32.0 Å². The minimum Gasteiger partial charge on any atom is -0.465 e. The minimum absolute atomic E-state index is 0.0456. The second-order valence-corrected chi connectivity index (χ2v) is 7.70. The molecule has 0 spiro atoms. The number of amides is 1. The number of benzene rings is 1. The molecular formula is C20H19N3O4S2. The Morgan fingerprint density at radius 2 is 1.90 bits per heavy atom. The molecule has 0 saturated heterocycles. The first-order valence-corrected chi connectivity index (χ1v) is 9.86. The van der Waals surface area contributed by atoms with Crippen molar-refractivity contribution in [2.24, 2.45) is 0 Å². The fourth-order valence-corrected chi connectivity index (χ4v) is 3.68. The van der Waals surface area contributed by atoms with Gasteiger partial charge in [-0.05, 0) is 62.3 Å². The van der Waals surface area contributed by atoms with Crippen LogP contribution >= 0.6 is 23.6 Å². The quantitative estimate of drug-likeness (QED) is 0.473. The van der Waals surface area contributed by atoms with Gasteiger partial charge in [-0.3, -0.25) is 10.1 Å². The molecule has 0 aliphatic heterocycles. The maximum atomic E-state index is 12.4. The Morgan fingerprint density at radius 3 is 2.59 bits per heavy atom. The second-order valence-electron chi connectivity index (χ2n) is 6.30. The number of nitrogens with zero attached hydrogens (tertiary/aromatic N) is 1. The number of nitrogens with one attached hydrogen (secondary N) is 2. The van der Waals surface area contributed by atoms with E-state index in [9.17, 15) is 9.59 Å². The summed E-state index contributed by atoms with van der Waals surface area (Å²) in [4.78, 5) is 28.6. The standard InChI is InChI=1S/C20H19N3O4S2/c1-10-5-6-13(9-11(10)2)14-7-8-15(27-14)17(24)22-19(28)23-20-21-12(3)16(29-20)18(25)26-4/h5-9H,1-4H3,(H2,21,22,23,24,28). The summed E-state index contributed by atoms with van der Waals surface area (Å²) in [6.07, 6.45) is 0. The Bertz CT molecular complexity index is 1100. The highest BCUT2D eigenvalue weighted by Gasteiger charge is 2.18. The van der Waals surface area contributed by atoms with Crippen LogP contribution in [0.3, 0.4) is 0 Å². The Hall–Kier alpha value is -3.04. The number of thiocarbonyl (C=S) groups is 1. The summed E-state index contributed by atoms with van der Waals surface area (Å²) in [6, 6.07) is 9.28. The molecule has 2 aromatic heterocycles. The van der Waals surface area contributed by atoms with E-state index in [1.54, 1.807) is 19.1 Å². The van der Waals surface area contributed by atoms with Crippen molar-refractivity contribution in [2.45, 2.75) is 20.8 Å². The van der Waals surface area contributed by atoms with Crippen LogP contribution in [0, 0.1) is 20.8 Å². The molecule has 1 amide bonds. The molecule has 0 aliphatic carbocycles. The summed E-state index contributed by atoms with van der Waals surface area (Å²) < 4.78 is 10.4. The van der Waals surface area contributed by atoms with Crippen molar-refractivity contribution in [2.75, 3.05) is 12.4 Å². The zero-order valence-corrected chi connectivity index (χ0v) is 17.9. The first-order valence-electron chi connectivity index (χ1n) is 8.64. The van der Waals surface area contributed by atoms with Gasteiger partial charge in [0.05, 0.1) is 12.8 Å². The van der Waals surface area contributed by atoms with Crippen molar-refractivity contribution in [1.29, 1.82) is 0 Å². The van der Waals surface area contributed by atoms with E-state index >= 15 is 0 Å². The van der Waals surface area contributed by atoms with Gasteiger partial charge in [0.2, 0.25) is 0 Å². The summed E-state index contributed by atoms with van der Waals surface area (Å²) in [5, 5.41) is 5.76. The smallest absolute Gasteiger partial charge is 0.350 e. The molecule has 150 valence electrons. The molecule has 0 unspecified atom stereocenters. The van der Waals surface area contributed by atoms with E-state index in [-0.39, 0.29) is 10.9 Å². The minimum atomic E-state index is -0.487. The molecule has 7 nitrogen and oxygen atoms in total. The summed E-state index contributed by atoms with van der Waals surface area (Å²) in [5.74, 6) is -0.236. The van der Waals surface area contributed by atoms with Gasteiger partial charge < -0.3 is 14.5 Å². The molecular weight excluding hydrogens is 410 g/mol. The molecule has 0 atom stereocenters. The van der Waals surface area contributed by atoms with Crippen molar-refractivity contribution >= 4 is 45.7 Å². The number of carbonyl (C=O) groups excluding carboxylic acids is 2. The van der Waals surface area contributed by atoms with E-state index < -0.39 is 11.9 Å². The Kier molecular flexibility index (Phi) is 6.09. The van der Waals surface area contributed by atoms with Gasteiger partial charge in [0, 0.05) is 5.56 Å². The van der Waals surface area contributed by atoms with Gasteiger partial charge in [-0.1, -0.05) is 23.5 Å². The summed E-state index contributed by atoms with van der Waals surface area (Å²) in [7, 11) is 1.30. The second kappa shape index (κ2) is 8.54. The number of carbonyl (C=O) groups is 2. The molecule has 2 N–H and O–H groups in total. The number of hydrogen-bond acceptors (Lipinski definition) is 7. The monoisotopic (exact) mass is 429 g/mol. The van der Waals surface area contributed by atoms with Crippen LogP contribution in [0.25, 0.3) is 11.3 Å². The van der Waals surface area contributed by atoms with Crippen LogP contribution in [-0.4, -0.2) is 29.1 Å². The third-order valence-electron chi connectivity index (χ3n) is 4.24. The highest BCUT2D eigenvalue weighted by atomic mass is 32.1. The molecule has 2 heterocycles. The van der Waals surface area contributed by atoms with Crippen LogP contribution in [-0.2, 0) is 4.74 Å². The van der Waals surface area contributed by atoms with Crippen molar-refractivity contribution in [1.82, 2.24) is 10.3 Å². The number of esters is 1. The number of hydrogen-bond donors (Lipinski definition) is 2. The summed E-state index contributed by atoms with van der Waals surface area (Å²) in [6.45, 7) is 5.74. The van der Waals surface area contributed by atoms with Crippen LogP contribution in [0.1, 0.15) is 37.0 Å².